The van der Waals surface area contributed by atoms with Gasteiger partial charge in [-0.25, -0.2) is 13.2 Å². The van der Waals surface area contributed by atoms with Crippen molar-refractivity contribution < 1.29 is 13.2 Å². The normalized spacial score (nSPS) is 10.9. The standard InChI is InChI=1S/C15H11F3N2/c16-10-6-12(17)15(18)14(7-10)20-8-9-2-1-3-13-11(9)4-5-19-13/h1-7,19-20H,8H2. The summed E-state index contributed by atoms with van der Waals surface area (Å²) in [5.74, 6) is -3.09. The summed E-state index contributed by atoms with van der Waals surface area (Å²) in [5, 5.41) is 3.71. The number of hydrogen-bond acceptors (Lipinski definition) is 1. The number of fused-ring (bicyclic) bond motifs is 1. The van der Waals surface area contributed by atoms with Gasteiger partial charge in [0.1, 0.15) is 5.82 Å². The van der Waals surface area contributed by atoms with E-state index in [0.717, 1.165) is 22.5 Å². The Kier molecular flexibility index (Phi) is 3.10. The van der Waals surface area contributed by atoms with Crippen LogP contribution < -0.4 is 5.32 Å². The fourth-order valence-corrected chi connectivity index (χ4v) is 2.18. The van der Waals surface area contributed by atoms with Gasteiger partial charge in [-0.1, -0.05) is 12.1 Å². The molecule has 0 fully saturated rings. The van der Waals surface area contributed by atoms with Crippen LogP contribution in [0.3, 0.4) is 0 Å². The van der Waals surface area contributed by atoms with E-state index in [0.29, 0.717) is 6.07 Å². The first kappa shape index (κ1) is 12.6. The molecule has 0 radical (unpaired) electrons. The van der Waals surface area contributed by atoms with E-state index in [1.165, 1.54) is 0 Å². The molecule has 3 rings (SSSR count). The van der Waals surface area contributed by atoms with Crippen molar-refractivity contribution in [1.82, 2.24) is 4.98 Å². The van der Waals surface area contributed by atoms with Crippen LogP contribution in [0.15, 0.2) is 42.6 Å². The van der Waals surface area contributed by atoms with Crippen molar-refractivity contribution in [3.8, 4) is 0 Å². The van der Waals surface area contributed by atoms with Gasteiger partial charge < -0.3 is 10.3 Å². The summed E-state index contributed by atoms with van der Waals surface area (Å²) in [7, 11) is 0. The fourth-order valence-electron chi connectivity index (χ4n) is 2.18. The zero-order valence-corrected chi connectivity index (χ0v) is 10.4. The number of nitrogens with one attached hydrogen (secondary N) is 2. The molecule has 0 unspecified atom stereocenters. The van der Waals surface area contributed by atoms with Crippen molar-refractivity contribution in [2.45, 2.75) is 6.54 Å². The van der Waals surface area contributed by atoms with Crippen molar-refractivity contribution in [1.29, 1.82) is 0 Å². The van der Waals surface area contributed by atoms with Crippen LogP contribution in [0.1, 0.15) is 5.56 Å². The van der Waals surface area contributed by atoms with Gasteiger partial charge in [-0.2, -0.15) is 0 Å². The third kappa shape index (κ3) is 2.22. The number of aromatic nitrogens is 1. The molecule has 0 aliphatic rings. The molecule has 0 spiro atoms. The Hall–Kier alpha value is -2.43. The summed E-state index contributed by atoms with van der Waals surface area (Å²) in [6.07, 6.45) is 1.80. The molecule has 0 saturated heterocycles. The number of halogens is 3. The first-order chi connectivity index (χ1) is 9.65. The van der Waals surface area contributed by atoms with Crippen LogP contribution in [0.5, 0.6) is 0 Å². The van der Waals surface area contributed by atoms with Gasteiger partial charge in [-0.3, -0.25) is 0 Å². The summed E-state index contributed by atoms with van der Waals surface area (Å²) < 4.78 is 39.7. The predicted octanol–water partition coefficient (Wildman–Crippen LogP) is 4.20. The van der Waals surface area contributed by atoms with Gasteiger partial charge in [0, 0.05) is 35.8 Å². The molecular formula is C15H11F3N2. The first-order valence-electron chi connectivity index (χ1n) is 6.08. The van der Waals surface area contributed by atoms with Crippen LogP contribution in [-0.2, 0) is 6.54 Å². The van der Waals surface area contributed by atoms with Crippen molar-refractivity contribution in [2.75, 3.05) is 5.32 Å². The highest BCUT2D eigenvalue weighted by molar-refractivity contribution is 5.83. The highest BCUT2D eigenvalue weighted by atomic mass is 19.2. The monoisotopic (exact) mass is 276 g/mol. The minimum atomic E-state index is -1.20. The Morgan fingerprint density at radius 3 is 2.75 bits per heavy atom. The van der Waals surface area contributed by atoms with E-state index in [1.807, 2.05) is 24.3 Å². The molecule has 0 saturated carbocycles. The second-order valence-corrected chi connectivity index (χ2v) is 4.46. The molecule has 102 valence electrons. The molecule has 0 atom stereocenters. The van der Waals surface area contributed by atoms with E-state index < -0.39 is 17.5 Å². The first-order valence-corrected chi connectivity index (χ1v) is 6.08. The fraction of sp³-hybridized carbons (Fsp3) is 0.0667. The van der Waals surface area contributed by atoms with Crippen LogP contribution in [0.4, 0.5) is 18.9 Å². The molecular weight excluding hydrogens is 265 g/mol. The molecule has 20 heavy (non-hydrogen) atoms. The predicted molar refractivity (Wildman–Crippen MR) is 71.9 cm³/mol. The molecule has 2 aromatic carbocycles. The lowest BCUT2D eigenvalue weighted by molar-refractivity contribution is 0.497. The molecule has 3 aromatic rings. The van der Waals surface area contributed by atoms with Gasteiger partial charge in [0.15, 0.2) is 11.6 Å². The molecule has 0 aliphatic heterocycles. The van der Waals surface area contributed by atoms with E-state index >= 15 is 0 Å². The SMILES string of the molecule is Fc1cc(F)c(F)c(NCc2cccc3[nH]ccc23)c1. The number of hydrogen-bond donors (Lipinski definition) is 2. The highest BCUT2D eigenvalue weighted by Crippen LogP contribution is 2.22. The molecule has 5 heteroatoms. The molecule has 0 aliphatic carbocycles. The van der Waals surface area contributed by atoms with Crippen molar-refractivity contribution in [2.24, 2.45) is 0 Å². The zero-order chi connectivity index (χ0) is 14.1. The van der Waals surface area contributed by atoms with Crippen LogP contribution in [-0.4, -0.2) is 4.98 Å². The average Bonchev–Trinajstić information content (AvgIpc) is 2.90. The van der Waals surface area contributed by atoms with Gasteiger partial charge >= 0.3 is 0 Å². The molecule has 0 amide bonds. The Morgan fingerprint density at radius 1 is 1.05 bits per heavy atom. The lowest BCUT2D eigenvalue weighted by Gasteiger charge is -2.09. The minimum absolute atomic E-state index is 0.185. The Morgan fingerprint density at radius 2 is 1.90 bits per heavy atom. The number of aromatic amines is 1. The smallest absolute Gasteiger partial charge is 0.182 e. The zero-order valence-electron chi connectivity index (χ0n) is 10.4. The van der Waals surface area contributed by atoms with Gasteiger partial charge in [0.05, 0.1) is 5.69 Å². The second-order valence-electron chi connectivity index (χ2n) is 4.46. The maximum absolute atomic E-state index is 13.5. The third-order valence-electron chi connectivity index (χ3n) is 3.15. The maximum Gasteiger partial charge on any atom is 0.182 e. The summed E-state index contributed by atoms with van der Waals surface area (Å²) in [6, 6.07) is 9.01. The average molecular weight is 276 g/mol. The molecule has 1 heterocycles. The lowest BCUT2D eigenvalue weighted by atomic mass is 10.1. The summed E-state index contributed by atoms with van der Waals surface area (Å²) in [4.78, 5) is 3.07. The Bertz CT molecular complexity index is 765. The van der Waals surface area contributed by atoms with Crippen LogP contribution in [0.2, 0.25) is 0 Å². The van der Waals surface area contributed by atoms with Crippen molar-refractivity contribution in [3.63, 3.8) is 0 Å². The minimum Gasteiger partial charge on any atom is -0.378 e. The summed E-state index contributed by atoms with van der Waals surface area (Å²) >= 11 is 0. The molecule has 2 N–H and O–H groups in total. The summed E-state index contributed by atoms with van der Waals surface area (Å²) in [6.45, 7) is 0.273. The largest absolute Gasteiger partial charge is 0.378 e. The second kappa shape index (κ2) is 4.92. The highest BCUT2D eigenvalue weighted by Gasteiger charge is 2.11. The van der Waals surface area contributed by atoms with E-state index in [9.17, 15) is 13.2 Å². The number of anilines is 1. The van der Waals surface area contributed by atoms with Crippen LogP contribution in [0.25, 0.3) is 10.9 Å². The van der Waals surface area contributed by atoms with E-state index in [-0.39, 0.29) is 12.2 Å². The topological polar surface area (TPSA) is 27.8 Å². The van der Waals surface area contributed by atoms with Gasteiger partial charge in [-0.05, 0) is 17.7 Å². The Balaban J connectivity index is 1.88. The van der Waals surface area contributed by atoms with Crippen LogP contribution in [0, 0.1) is 17.5 Å². The van der Waals surface area contributed by atoms with E-state index in [1.54, 1.807) is 6.20 Å². The molecule has 2 nitrogen and oxygen atoms in total. The van der Waals surface area contributed by atoms with Crippen LogP contribution >= 0.6 is 0 Å². The van der Waals surface area contributed by atoms with Crippen molar-refractivity contribution in [3.05, 3.63) is 65.6 Å². The van der Waals surface area contributed by atoms with E-state index in [4.69, 9.17) is 0 Å². The number of benzene rings is 2. The van der Waals surface area contributed by atoms with Gasteiger partial charge in [-0.15, -0.1) is 0 Å². The molecule has 1 aromatic heterocycles. The molecule has 0 bridgehead atoms. The maximum atomic E-state index is 13.5. The third-order valence-corrected chi connectivity index (χ3v) is 3.15. The Labute approximate surface area is 113 Å². The van der Waals surface area contributed by atoms with Gasteiger partial charge in [0.2, 0.25) is 0 Å². The summed E-state index contributed by atoms with van der Waals surface area (Å²) in [5.41, 5.74) is 1.68. The van der Waals surface area contributed by atoms with Gasteiger partial charge in [0.25, 0.3) is 0 Å². The number of H-pyrrole nitrogens is 1. The van der Waals surface area contributed by atoms with E-state index in [2.05, 4.69) is 10.3 Å². The number of rotatable bonds is 3. The quantitative estimate of drug-likeness (QED) is 0.689. The lowest BCUT2D eigenvalue weighted by Crippen LogP contribution is -2.04. The van der Waals surface area contributed by atoms with Crippen molar-refractivity contribution >= 4 is 16.6 Å².